The highest BCUT2D eigenvalue weighted by atomic mass is 35.5. The van der Waals surface area contributed by atoms with Gasteiger partial charge in [0.15, 0.2) is 0 Å². The number of fused-ring (bicyclic) bond motifs is 1. The highest BCUT2D eigenvalue weighted by molar-refractivity contribution is 7.21. The summed E-state index contributed by atoms with van der Waals surface area (Å²) in [5, 5.41) is 4.31. The van der Waals surface area contributed by atoms with Crippen molar-refractivity contribution in [1.29, 1.82) is 0 Å². The van der Waals surface area contributed by atoms with Gasteiger partial charge in [-0.25, -0.2) is 4.39 Å². The van der Waals surface area contributed by atoms with Crippen LogP contribution in [0.4, 0.5) is 4.39 Å². The minimum atomic E-state index is -0.359. The Morgan fingerprint density at radius 3 is 2.63 bits per heavy atom. The maximum atomic E-state index is 14.7. The number of benzene rings is 2. The second-order valence-corrected chi connectivity index (χ2v) is 11.2. The third kappa shape index (κ3) is 5.15. The molecule has 1 amide bonds. The molecule has 1 fully saturated rings. The molecule has 2 aromatic carbocycles. The van der Waals surface area contributed by atoms with Crippen LogP contribution in [0.25, 0.3) is 21.3 Å². The number of carbonyl (C=O) groups is 1. The van der Waals surface area contributed by atoms with E-state index in [1.165, 1.54) is 6.07 Å². The number of pyridine rings is 1. The van der Waals surface area contributed by atoms with E-state index >= 15 is 0 Å². The Kier molecular flexibility index (Phi) is 7.98. The predicted octanol–water partition coefficient (Wildman–Crippen LogP) is 7.25. The standard InChI is InChI=1S/C30H31ClFN3O2S/c1-18-7-13-23(32)28-26(18)27(31)29(38-28)30(36)35(22-11-9-21(33-2)10-12-22)17-20-16-19(8-14-25(20)37-3)24-6-4-5-15-34-24/h4-8,13-16,21-22,33H,9-12,17H2,1-3H3/t21-,22+. The maximum Gasteiger partial charge on any atom is 0.266 e. The van der Waals surface area contributed by atoms with Crippen molar-refractivity contribution in [1.82, 2.24) is 15.2 Å². The quantitative estimate of drug-likeness (QED) is 0.263. The van der Waals surface area contributed by atoms with Gasteiger partial charge in [0.2, 0.25) is 0 Å². The van der Waals surface area contributed by atoms with Crippen molar-refractivity contribution in [2.24, 2.45) is 0 Å². The van der Waals surface area contributed by atoms with Gasteiger partial charge in [0.05, 0.1) is 22.5 Å². The lowest BCUT2D eigenvalue weighted by Crippen LogP contribution is -2.44. The summed E-state index contributed by atoms with van der Waals surface area (Å²) in [6, 6.07) is 15.3. The Balaban J connectivity index is 1.56. The monoisotopic (exact) mass is 551 g/mol. The molecule has 4 aromatic rings. The van der Waals surface area contributed by atoms with Gasteiger partial charge in [0.25, 0.3) is 5.91 Å². The van der Waals surface area contributed by atoms with Crippen molar-refractivity contribution in [3.63, 3.8) is 0 Å². The molecule has 0 bridgehead atoms. The Morgan fingerprint density at radius 1 is 1.18 bits per heavy atom. The Hall–Kier alpha value is -3.00. The van der Waals surface area contributed by atoms with Crippen molar-refractivity contribution in [3.8, 4) is 17.0 Å². The second kappa shape index (κ2) is 11.4. The number of hydrogen-bond acceptors (Lipinski definition) is 5. The number of thiophene rings is 1. The molecule has 1 aliphatic rings. The molecular formula is C30H31ClFN3O2S. The summed E-state index contributed by atoms with van der Waals surface area (Å²) < 4.78 is 20.8. The minimum absolute atomic E-state index is 0.0301. The van der Waals surface area contributed by atoms with E-state index in [0.717, 1.165) is 59.4 Å². The molecule has 5 nitrogen and oxygen atoms in total. The molecule has 38 heavy (non-hydrogen) atoms. The zero-order valence-corrected chi connectivity index (χ0v) is 23.3. The molecular weight excluding hydrogens is 521 g/mol. The highest BCUT2D eigenvalue weighted by Gasteiger charge is 2.32. The van der Waals surface area contributed by atoms with Crippen molar-refractivity contribution < 1.29 is 13.9 Å². The first-order chi connectivity index (χ1) is 18.4. The van der Waals surface area contributed by atoms with Crippen LogP contribution in [0.1, 0.15) is 46.5 Å². The SMILES string of the molecule is CN[C@H]1CC[C@@H](N(Cc2cc(-c3ccccn3)ccc2OC)C(=O)c2sc3c(F)ccc(C)c3c2Cl)CC1. The number of ether oxygens (including phenoxy) is 1. The maximum absolute atomic E-state index is 14.7. The third-order valence-electron chi connectivity index (χ3n) is 7.52. The number of aromatic nitrogens is 1. The van der Waals surface area contributed by atoms with Gasteiger partial charge < -0.3 is 15.0 Å². The number of rotatable bonds is 7. The van der Waals surface area contributed by atoms with E-state index in [2.05, 4.69) is 10.3 Å². The average molecular weight is 552 g/mol. The molecule has 0 saturated heterocycles. The summed E-state index contributed by atoms with van der Waals surface area (Å²) in [6.45, 7) is 2.24. The summed E-state index contributed by atoms with van der Waals surface area (Å²) in [5.74, 6) is 0.172. The van der Waals surface area contributed by atoms with Crippen LogP contribution in [0.2, 0.25) is 5.02 Å². The van der Waals surface area contributed by atoms with Gasteiger partial charge in [-0.3, -0.25) is 9.78 Å². The molecule has 8 heteroatoms. The molecule has 0 aliphatic heterocycles. The van der Waals surface area contributed by atoms with E-state index < -0.39 is 0 Å². The van der Waals surface area contributed by atoms with Gasteiger partial charge in [-0.05, 0) is 81.6 Å². The van der Waals surface area contributed by atoms with Gasteiger partial charge in [0.1, 0.15) is 16.4 Å². The summed E-state index contributed by atoms with van der Waals surface area (Å²) >= 11 is 7.92. The first-order valence-corrected chi connectivity index (χ1v) is 14.0. The molecule has 198 valence electrons. The van der Waals surface area contributed by atoms with Crippen molar-refractivity contribution in [2.45, 2.75) is 51.2 Å². The zero-order valence-electron chi connectivity index (χ0n) is 21.8. The Morgan fingerprint density at radius 2 is 1.97 bits per heavy atom. The number of hydrogen-bond donors (Lipinski definition) is 1. The fourth-order valence-electron chi connectivity index (χ4n) is 5.38. The molecule has 0 atom stereocenters. The predicted molar refractivity (Wildman–Crippen MR) is 153 cm³/mol. The molecule has 5 rings (SSSR count). The first kappa shape index (κ1) is 26.6. The largest absolute Gasteiger partial charge is 0.496 e. The number of halogens is 2. The summed E-state index contributed by atoms with van der Waals surface area (Å²) in [7, 11) is 3.62. The van der Waals surface area contributed by atoms with Crippen molar-refractivity contribution >= 4 is 38.9 Å². The van der Waals surface area contributed by atoms with E-state index in [9.17, 15) is 9.18 Å². The number of nitrogens with zero attached hydrogens (tertiary/aromatic N) is 2. The van der Waals surface area contributed by atoms with Crippen LogP contribution < -0.4 is 10.1 Å². The molecule has 1 N–H and O–H groups in total. The molecule has 0 radical (unpaired) electrons. The number of methoxy groups -OCH3 is 1. The summed E-state index contributed by atoms with van der Waals surface area (Å²) in [5.41, 5.74) is 3.54. The zero-order chi connectivity index (χ0) is 26.8. The molecule has 0 spiro atoms. The molecule has 2 heterocycles. The van der Waals surface area contributed by atoms with Crippen LogP contribution in [0.15, 0.2) is 54.7 Å². The van der Waals surface area contributed by atoms with Crippen LogP contribution in [0, 0.1) is 12.7 Å². The van der Waals surface area contributed by atoms with E-state index in [1.54, 1.807) is 19.4 Å². The van der Waals surface area contributed by atoms with Crippen LogP contribution in [-0.4, -0.2) is 42.0 Å². The normalized spacial score (nSPS) is 17.5. The van der Waals surface area contributed by atoms with Gasteiger partial charge in [-0.15, -0.1) is 11.3 Å². The lowest BCUT2D eigenvalue weighted by molar-refractivity contribution is 0.0604. The van der Waals surface area contributed by atoms with Crippen LogP contribution >= 0.6 is 22.9 Å². The van der Waals surface area contributed by atoms with Crippen LogP contribution in [0.5, 0.6) is 5.75 Å². The topological polar surface area (TPSA) is 54.5 Å². The molecule has 1 saturated carbocycles. The van der Waals surface area contributed by atoms with Crippen LogP contribution in [0.3, 0.4) is 0 Å². The third-order valence-corrected chi connectivity index (χ3v) is 9.20. The van der Waals surface area contributed by atoms with E-state index in [0.29, 0.717) is 38.3 Å². The number of carbonyl (C=O) groups excluding carboxylic acids is 1. The number of nitrogens with one attached hydrogen (secondary N) is 1. The number of amides is 1. The van der Waals surface area contributed by atoms with Crippen molar-refractivity contribution in [3.05, 3.63) is 81.6 Å². The second-order valence-electron chi connectivity index (χ2n) is 9.78. The molecule has 2 aromatic heterocycles. The Bertz CT molecular complexity index is 1450. The molecule has 0 unspecified atom stereocenters. The average Bonchev–Trinajstić information content (AvgIpc) is 3.32. The highest BCUT2D eigenvalue weighted by Crippen LogP contribution is 2.41. The summed E-state index contributed by atoms with van der Waals surface area (Å²) in [4.78, 5) is 21.0. The number of aryl methyl sites for hydroxylation is 1. The lowest BCUT2D eigenvalue weighted by atomic mass is 9.89. The first-order valence-electron chi connectivity index (χ1n) is 12.8. The van der Waals surface area contributed by atoms with E-state index in [1.807, 2.05) is 55.3 Å². The minimum Gasteiger partial charge on any atom is -0.496 e. The van der Waals surface area contributed by atoms with Gasteiger partial charge in [-0.2, -0.15) is 0 Å². The van der Waals surface area contributed by atoms with Gasteiger partial charge in [0, 0.05) is 41.3 Å². The smallest absolute Gasteiger partial charge is 0.266 e. The lowest BCUT2D eigenvalue weighted by Gasteiger charge is -2.37. The van der Waals surface area contributed by atoms with Crippen molar-refractivity contribution in [2.75, 3.05) is 14.2 Å². The van der Waals surface area contributed by atoms with E-state index in [4.69, 9.17) is 16.3 Å². The fraction of sp³-hybridized carbons (Fsp3) is 0.333. The summed E-state index contributed by atoms with van der Waals surface area (Å²) in [6.07, 6.45) is 5.46. The Labute approximate surface area is 231 Å². The van der Waals surface area contributed by atoms with Crippen LogP contribution in [-0.2, 0) is 6.54 Å². The van der Waals surface area contributed by atoms with Gasteiger partial charge in [-0.1, -0.05) is 23.7 Å². The van der Waals surface area contributed by atoms with Gasteiger partial charge >= 0.3 is 0 Å². The van der Waals surface area contributed by atoms with E-state index in [-0.39, 0.29) is 17.8 Å². The molecule has 1 aliphatic carbocycles. The fourth-order valence-corrected chi connectivity index (χ4v) is 7.01.